The number of rotatable bonds is 2. The fraction of sp³-hybridized carbons (Fsp3) is 0.333. The first-order chi connectivity index (χ1) is 5.22. The van der Waals surface area contributed by atoms with Gasteiger partial charge in [-0.05, 0) is 26.0 Å². The lowest BCUT2D eigenvalue weighted by atomic mass is 10.0. The Bertz CT molecular complexity index is 243. The third kappa shape index (κ3) is 1.87. The second-order valence-corrected chi connectivity index (χ2v) is 2.59. The van der Waals surface area contributed by atoms with Crippen molar-refractivity contribution >= 4 is 5.78 Å². The zero-order valence-corrected chi connectivity index (χ0v) is 6.74. The molecule has 2 nitrogen and oxygen atoms in total. The lowest BCUT2D eigenvalue weighted by molar-refractivity contribution is -0.118. The molecule has 0 saturated carbocycles. The molecule has 0 saturated heterocycles. The van der Waals surface area contributed by atoms with E-state index in [9.17, 15) is 4.79 Å². The highest BCUT2D eigenvalue weighted by Crippen LogP contribution is 2.11. The van der Waals surface area contributed by atoms with E-state index < -0.39 is 0 Å². The van der Waals surface area contributed by atoms with E-state index in [1.807, 2.05) is 25.1 Å². The molecule has 1 aromatic heterocycles. The first-order valence-electron chi connectivity index (χ1n) is 3.63. The minimum atomic E-state index is -0.0730. The van der Waals surface area contributed by atoms with Crippen molar-refractivity contribution in [3.63, 3.8) is 0 Å². The van der Waals surface area contributed by atoms with Crippen molar-refractivity contribution in [3.05, 3.63) is 30.1 Å². The van der Waals surface area contributed by atoms with Gasteiger partial charge < -0.3 is 0 Å². The van der Waals surface area contributed by atoms with Gasteiger partial charge >= 0.3 is 0 Å². The summed E-state index contributed by atoms with van der Waals surface area (Å²) in [4.78, 5) is 15.0. The van der Waals surface area contributed by atoms with E-state index in [1.165, 1.54) is 0 Å². The second kappa shape index (κ2) is 3.28. The molecule has 0 bridgehead atoms. The molecule has 0 N–H and O–H groups in total. The van der Waals surface area contributed by atoms with Crippen molar-refractivity contribution in [3.8, 4) is 0 Å². The van der Waals surface area contributed by atoms with Gasteiger partial charge in [0.2, 0.25) is 0 Å². The standard InChI is InChI=1S/C9H11NO/c1-7(8(2)11)9-5-3-4-6-10-9/h3-7H,1-2H3. The van der Waals surface area contributed by atoms with Crippen molar-refractivity contribution in [1.29, 1.82) is 0 Å². The average Bonchev–Trinajstić information content (AvgIpc) is 2.05. The van der Waals surface area contributed by atoms with Gasteiger partial charge in [0.1, 0.15) is 5.78 Å². The zero-order chi connectivity index (χ0) is 8.27. The zero-order valence-electron chi connectivity index (χ0n) is 6.74. The molecule has 1 atom stereocenters. The van der Waals surface area contributed by atoms with Crippen LogP contribution in [0.3, 0.4) is 0 Å². The molecule has 0 aliphatic heterocycles. The highest BCUT2D eigenvalue weighted by atomic mass is 16.1. The fourth-order valence-corrected chi connectivity index (χ4v) is 0.840. The first-order valence-corrected chi connectivity index (χ1v) is 3.63. The van der Waals surface area contributed by atoms with Gasteiger partial charge in [0.15, 0.2) is 0 Å². The maximum Gasteiger partial charge on any atom is 0.138 e. The fourth-order valence-electron chi connectivity index (χ4n) is 0.840. The van der Waals surface area contributed by atoms with Crippen LogP contribution in [0.4, 0.5) is 0 Å². The topological polar surface area (TPSA) is 30.0 Å². The smallest absolute Gasteiger partial charge is 0.138 e. The molecule has 0 aromatic carbocycles. The maximum atomic E-state index is 10.9. The van der Waals surface area contributed by atoms with Crippen molar-refractivity contribution < 1.29 is 4.79 Å². The van der Waals surface area contributed by atoms with Crippen LogP contribution in [0.15, 0.2) is 24.4 Å². The molecule has 0 amide bonds. The summed E-state index contributed by atoms with van der Waals surface area (Å²) in [6.07, 6.45) is 1.70. The van der Waals surface area contributed by atoms with Gasteiger partial charge in [-0.3, -0.25) is 9.78 Å². The monoisotopic (exact) mass is 149 g/mol. The molecule has 0 radical (unpaired) electrons. The van der Waals surface area contributed by atoms with Crippen LogP contribution in [-0.2, 0) is 4.79 Å². The van der Waals surface area contributed by atoms with Gasteiger partial charge in [0.05, 0.1) is 11.6 Å². The molecule has 0 aliphatic carbocycles. The summed E-state index contributed by atoms with van der Waals surface area (Å²) in [5, 5.41) is 0. The van der Waals surface area contributed by atoms with Gasteiger partial charge in [0, 0.05) is 6.20 Å². The minimum Gasteiger partial charge on any atom is -0.299 e. The highest BCUT2D eigenvalue weighted by molar-refractivity contribution is 5.82. The first kappa shape index (κ1) is 7.92. The predicted octanol–water partition coefficient (Wildman–Crippen LogP) is 1.77. The Labute approximate surface area is 66.3 Å². The molecule has 2 heteroatoms. The molecule has 0 spiro atoms. The Morgan fingerprint density at radius 3 is 2.73 bits per heavy atom. The van der Waals surface area contributed by atoms with E-state index in [0.717, 1.165) is 5.69 Å². The SMILES string of the molecule is CC(=O)C(C)c1ccccn1. The number of carbonyl (C=O) groups excluding carboxylic acids is 1. The number of nitrogens with zero attached hydrogens (tertiary/aromatic N) is 1. The number of ketones is 1. The van der Waals surface area contributed by atoms with E-state index in [1.54, 1.807) is 13.1 Å². The number of hydrogen-bond acceptors (Lipinski definition) is 2. The Balaban J connectivity index is 2.85. The van der Waals surface area contributed by atoms with E-state index in [0.29, 0.717) is 0 Å². The molecule has 1 aromatic rings. The van der Waals surface area contributed by atoms with Crippen molar-refractivity contribution in [1.82, 2.24) is 4.98 Å². The largest absolute Gasteiger partial charge is 0.299 e. The molecule has 0 aliphatic rings. The van der Waals surface area contributed by atoms with Crippen LogP contribution in [0.2, 0.25) is 0 Å². The third-order valence-electron chi connectivity index (χ3n) is 1.74. The van der Waals surface area contributed by atoms with Gasteiger partial charge in [-0.25, -0.2) is 0 Å². The third-order valence-corrected chi connectivity index (χ3v) is 1.74. The van der Waals surface area contributed by atoms with E-state index in [4.69, 9.17) is 0 Å². The summed E-state index contributed by atoms with van der Waals surface area (Å²) < 4.78 is 0. The van der Waals surface area contributed by atoms with Crippen LogP contribution in [-0.4, -0.2) is 10.8 Å². The molecule has 1 rings (SSSR count). The molecule has 11 heavy (non-hydrogen) atoms. The van der Waals surface area contributed by atoms with Crippen molar-refractivity contribution in [2.75, 3.05) is 0 Å². The Morgan fingerprint density at radius 2 is 2.27 bits per heavy atom. The molecule has 1 unspecified atom stereocenters. The molecule has 0 fully saturated rings. The average molecular weight is 149 g/mol. The number of hydrogen-bond donors (Lipinski definition) is 0. The van der Waals surface area contributed by atoms with Crippen LogP contribution in [0.25, 0.3) is 0 Å². The van der Waals surface area contributed by atoms with Gasteiger partial charge in [0.25, 0.3) is 0 Å². The minimum absolute atomic E-state index is 0.0730. The number of pyridine rings is 1. The van der Waals surface area contributed by atoms with Crippen LogP contribution < -0.4 is 0 Å². The van der Waals surface area contributed by atoms with Gasteiger partial charge in [-0.15, -0.1) is 0 Å². The summed E-state index contributed by atoms with van der Waals surface area (Å²) in [5.41, 5.74) is 0.847. The van der Waals surface area contributed by atoms with E-state index >= 15 is 0 Å². The quantitative estimate of drug-likeness (QED) is 0.641. The summed E-state index contributed by atoms with van der Waals surface area (Å²) >= 11 is 0. The summed E-state index contributed by atoms with van der Waals surface area (Å²) in [6.45, 7) is 3.45. The van der Waals surface area contributed by atoms with Crippen LogP contribution in [0.1, 0.15) is 25.5 Å². The molecule has 1 heterocycles. The molecule has 58 valence electrons. The number of aromatic nitrogens is 1. The normalized spacial score (nSPS) is 12.5. The predicted molar refractivity (Wildman–Crippen MR) is 43.3 cm³/mol. The Kier molecular flexibility index (Phi) is 2.36. The summed E-state index contributed by atoms with van der Waals surface area (Å²) in [7, 11) is 0. The van der Waals surface area contributed by atoms with Crippen LogP contribution >= 0.6 is 0 Å². The second-order valence-electron chi connectivity index (χ2n) is 2.59. The number of Topliss-reactive ketones (excluding diaryl/α,β-unsaturated/α-hetero) is 1. The van der Waals surface area contributed by atoms with Crippen LogP contribution in [0, 0.1) is 0 Å². The maximum absolute atomic E-state index is 10.9. The van der Waals surface area contributed by atoms with E-state index in [-0.39, 0.29) is 11.7 Å². The Morgan fingerprint density at radius 1 is 1.55 bits per heavy atom. The van der Waals surface area contributed by atoms with Crippen molar-refractivity contribution in [2.45, 2.75) is 19.8 Å². The molecular formula is C9H11NO. The van der Waals surface area contributed by atoms with Crippen molar-refractivity contribution in [2.24, 2.45) is 0 Å². The lowest BCUT2D eigenvalue weighted by Crippen LogP contribution is -2.05. The summed E-state index contributed by atoms with van der Waals surface area (Å²) in [5.74, 6) is 0.0832. The molecular weight excluding hydrogens is 138 g/mol. The highest BCUT2D eigenvalue weighted by Gasteiger charge is 2.09. The van der Waals surface area contributed by atoms with Crippen LogP contribution in [0.5, 0.6) is 0 Å². The van der Waals surface area contributed by atoms with Gasteiger partial charge in [-0.2, -0.15) is 0 Å². The number of carbonyl (C=O) groups is 1. The summed E-state index contributed by atoms with van der Waals surface area (Å²) in [6, 6.07) is 5.60. The van der Waals surface area contributed by atoms with Gasteiger partial charge in [-0.1, -0.05) is 6.07 Å². The van der Waals surface area contributed by atoms with E-state index in [2.05, 4.69) is 4.98 Å². The Hall–Kier alpha value is -1.18. The lowest BCUT2D eigenvalue weighted by Gasteiger charge is -2.04.